The molecule has 2 aliphatic carbocycles. The van der Waals surface area contributed by atoms with Crippen molar-refractivity contribution in [1.82, 2.24) is 4.90 Å². The molecule has 0 heterocycles. The first-order chi connectivity index (χ1) is 9.80. The fourth-order valence-electron chi connectivity index (χ4n) is 4.39. The van der Waals surface area contributed by atoms with Gasteiger partial charge in [0.25, 0.3) is 0 Å². The van der Waals surface area contributed by atoms with Crippen LogP contribution in [0.1, 0.15) is 43.7 Å². The first kappa shape index (κ1) is 14.1. The fourth-order valence-corrected chi connectivity index (χ4v) is 4.39. The van der Waals surface area contributed by atoms with E-state index >= 15 is 0 Å². The molecule has 2 aliphatic rings. The third-order valence-electron chi connectivity index (χ3n) is 5.56. The Kier molecular flexibility index (Phi) is 4.42. The van der Waals surface area contributed by atoms with Gasteiger partial charge in [0, 0.05) is 19.6 Å². The van der Waals surface area contributed by atoms with E-state index in [0.717, 1.165) is 30.8 Å². The number of hydrogen-bond acceptors (Lipinski definition) is 2. The molecule has 2 N–H and O–H groups in total. The highest BCUT2D eigenvalue weighted by atomic mass is 15.1. The van der Waals surface area contributed by atoms with Crippen LogP contribution in [0.2, 0.25) is 0 Å². The molecule has 2 heteroatoms. The lowest BCUT2D eigenvalue weighted by atomic mass is 9.88. The van der Waals surface area contributed by atoms with E-state index in [9.17, 15) is 0 Å². The molecule has 20 heavy (non-hydrogen) atoms. The third-order valence-corrected chi connectivity index (χ3v) is 5.56. The number of fused-ring (bicyclic) bond motifs is 2. The molecule has 1 aromatic carbocycles. The van der Waals surface area contributed by atoms with Crippen LogP contribution in [0.15, 0.2) is 24.3 Å². The van der Waals surface area contributed by atoms with Crippen molar-refractivity contribution >= 4 is 0 Å². The number of nitrogens with two attached hydrogens (primary N) is 1. The molecule has 3 atom stereocenters. The molecule has 0 aliphatic heterocycles. The van der Waals surface area contributed by atoms with Crippen molar-refractivity contribution in [2.24, 2.45) is 23.5 Å². The summed E-state index contributed by atoms with van der Waals surface area (Å²) in [6.07, 6.45) is 6.00. The van der Waals surface area contributed by atoms with E-state index in [-0.39, 0.29) is 0 Å². The van der Waals surface area contributed by atoms with E-state index in [2.05, 4.69) is 36.1 Å². The van der Waals surface area contributed by atoms with Crippen LogP contribution < -0.4 is 5.73 Å². The molecule has 2 bridgehead atoms. The van der Waals surface area contributed by atoms with Crippen molar-refractivity contribution in [2.45, 2.75) is 45.7 Å². The quantitative estimate of drug-likeness (QED) is 0.860. The van der Waals surface area contributed by atoms with Gasteiger partial charge in [-0.3, -0.25) is 4.90 Å². The Bertz CT molecular complexity index is 443. The minimum atomic E-state index is 0.655. The van der Waals surface area contributed by atoms with Crippen molar-refractivity contribution in [3.8, 4) is 0 Å². The zero-order valence-corrected chi connectivity index (χ0v) is 12.7. The maximum atomic E-state index is 5.86. The summed E-state index contributed by atoms with van der Waals surface area (Å²) in [5, 5.41) is 0. The van der Waals surface area contributed by atoms with E-state index in [1.165, 1.54) is 43.4 Å². The molecule has 0 spiro atoms. The van der Waals surface area contributed by atoms with Gasteiger partial charge in [0.1, 0.15) is 0 Å². The lowest BCUT2D eigenvalue weighted by Gasteiger charge is -2.29. The molecule has 0 saturated heterocycles. The lowest BCUT2D eigenvalue weighted by Crippen LogP contribution is -2.31. The highest BCUT2D eigenvalue weighted by molar-refractivity contribution is 5.26. The van der Waals surface area contributed by atoms with E-state index < -0.39 is 0 Å². The van der Waals surface area contributed by atoms with Crippen LogP contribution in [0.25, 0.3) is 0 Å². The van der Waals surface area contributed by atoms with Gasteiger partial charge in [-0.15, -0.1) is 0 Å². The smallest absolute Gasteiger partial charge is 0.0236 e. The van der Waals surface area contributed by atoms with Crippen LogP contribution in [0.4, 0.5) is 0 Å². The SMILES string of the molecule is CCN(Cc1ccccc1CN)CC1CC2CCC1C2. The zero-order valence-electron chi connectivity index (χ0n) is 12.7. The Morgan fingerprint density at radius 2 is 1.95 bits per heavy atom. The highest BCUT2D eigenvalue weighted by Gasteiger charge is 2.39. The Hall–Kier alpha value is -0.860. The second kappa shape index (κ2) is 6.28. The van der Waals surface area contributed by atoms with E-state index in [4.69, 9.17) is 5.73 Å². The van der Waals surface area contributed by atoms with Crippen molar-refractivity contribution in [1.29, 1.82) is 0 Å². The fraction of sp³-hybridized carbons (Fsp3) is 0.667. The van der Waals surface area contributed by atoms with Crippen LogP contribution in [0.3, 0.4) is 0 Å². The molecule has 2 nitrogen and oxygen atoms in total. The van der Waals surface area contributed by atoms with Crippen LogP contribution in [-0.4, -0.2) is 18.0 Å². The van der Waals surface area contributed by atoms with Gasteiger partial charge >= 0.3 is 0 Å². The summed E-state index contributed by atoms with van der Waals surface area (Å²) in [5.74, 6) is 3.04. The summed E-state index contributed by atoms with van der Waals surface area (Å²) < 4.78 is 0. The van der Waals surface area contributed by atoms with Gasteiger partial charge in [-0.25, -0.2) is 0 Å². The predicted molar refractivity (Wildman–Crippen MR) is 84.2 cm³/mol. The minimum Gasteiger partial charge on any atom is -0.326 e. The Labute approximate surface area is 123 Å². The molecule has 0 amide bonds. The maximum absolute atomic E-state index is 5.86. The predicted octanol–water partition coefficient (Wildman–Crippen LogP) is 3.40. The zero-order chi connectivity index (χ0) is 13.9. The molecular weight excluding hydrogens is 244 g/mol. The van der Waals surface area contributed by atoms with Gasteiger partial charge in [-0.05, 0) is 54.7 Å². The van der Waals surface area contributed by atoms with Gasteiger partial charge in [0.15, 0.2) is 0 Å². The van der Waals surface area contributed by atoms with Crippen LogP contribution >= 0.6 is 0 Å². The van der Waals surface area contributed by atoms with Gasteiger partial charge in [0.2, 0.25) is 0 Å². The third kappa shape index (κ3) is 2.91. The van der Waals surface area contributed by atoms with Crippen molar-refractivity contribution in [2.75, 3.05) is 13.1 Å². The summed E-state index contributed by atoms with van der Waals surface area (Å²) in [5.41, 5.74) is 8.58. The van der Waals surface area contributed by atoms with Gasteiger partial charge in [-0.2, -0.15) is 0 Å². The molecular formula is C18H28N2. The van der Waals surface area contributed by atoms with Crippen LogP contribution in [-0.2, 0) is 13.1 Å². The lowest BCUT2D eigenvalue weighted by molar-refractivity contribution is 0.190. The topological polar surface area (TPSA) is 29.3 Å². The average Bonchev–Trinajstić information content (AvgIpc) is 3.09. The first-order valence-electron chi connectivity index (χ1n) is 8.29. The Morgan fingerprint density at radius 1 is 1.15 bits per heavy atom. The second-order valence-electron chi connectivity index (χ2n) is 6.74. The number of rotatable bonds is 6. The Morgan fingerprint density at radius 3 is 2.55 bits per heavy atom. The molecule has 3 unspecified atom stereocenters. The van der Waals surface area contributed by atoms with Gasteiger partial charge < -0.3 is 5.73 Å². The molecule has 110 valence electrons. The maximum Gasteiger partial charge on any atom is 0.0236 e. The summed E-state index contributed by atoms with van der Waals surface area (Å²) >= 11 is 0. The van der Waals surface area contributed by atoms with Gasteiger partial charge in [-0.1, -0.05) is 37.6 Å². The molecule has 1 aromatic rings. The van der Waals surface area contributed by atoms with Gasteiger partial charge in [0.05, 0.1) is 0 Å². The first-order valence-corrected chi connectivity index (χ1v) is 8.29. The van der Waals surface area contributed by atoms with Crippen LogP contribution in [0.5, 0.6) is 0 Å². The van der Waals surface area contributed by atoms with E-state index in [1.807, 2.05) is 0 Å². The molecule has 3 rings (SSSR count). The van der Waals surface area contributed by atoms with Crippen LogP contribution in [0, 0.1) is 17.8 Å². The highest BCUT2D eigenvalue weighted by Crippen LogP contribution is 2.48. The van der Waals surface area contributed by atoms with Crippen molar-refractivity contribution in [3.63, 3.8) is 0 Å². The van der Waals surface area contributed by atoms with Crippen molar-refractivity contribution in [3.05, 3.63) is 35.4 Å². The molecule has 2 saturated carbocycles. The Balaban J connectivity index is 1.62. The summed E-state index contributed by atoms with van der Waals surface area (Å²) in [6.45, 7) is 6.45. The van der Waals surface area contributed by atoms with E-state index in [0.29, 0.717) is 6.54 Å². The number of nitrogens with zero attached hydrogens (tertiary/aromatic N) is 1. The molecule has 2 fully saturated rings. The van der Waals surface area contributed by atoms with E-state index in [1.54, 1.807) is 0 Å². The number of benzene rings is 1. The molecule has 0 radical (unpaired) electrons. The monoisotopic (exact) mass is 272 g/mol. The molecule has 0 aromatic heterocycles. The standard InChI is InChI=1S/C18H28N2/c1-2-20(12-17-6-4-3-5-16(17)11-19)13-18-10-14-7-8-15(18)9-14/h3-6,14-15,18H,2,7-13,19H2,1H3. The number of hydrogen-bond donors (Lipinski definition) is 1. The summed E-state index contributed by atoms with van der Waals surface area (Å²) in [4.78, 5) is 2.62. The normalized spacial score (nSPS) is 28.4. The summed E-state index contributed by atoms with van der Waals surface area (Å²) in [6, 6.07) is 8.64. The van der Waals surface area contributed by atoms with Crippen molar-refractivity contribution < 1.29 is 0 Å². The summed E-state index contributed by atoms with van der Waals surface area (Å²) in [7, 11) is 0. The minimum absolute atomic E-state index is 0.655. The average molecular weight is 272 g/mol. The largest absolute Gasteiger partial charge is 0.326 e. The second-order valence-corrected chi connectivity index (χ2v) is 6.74.